The van der Waals surface area contributed by atoms with Gasteiger partial charge in [0, 0.05) is 11.7 Å². The number of carbonyl (C=O) groups excluding carboxylic acids is 1. The van der Waals surface area contributed by atoms with Crippen molar-refractivity contribution in [1.82, 2.24) is 4.72 Å². The summed E-state index contributed by atoms with van der Waals surface area (Å²) in [6.45, 7) is 1.98. The monoisotopic (exact) mass is 404 g/mol. The fourth-order valence-electron chi connectivity index (χ4n) is 4.62. The Morgan fingerprint density at radius 1 is 1.15 bits per heavy atom. The van der Waals surface area contributed by atoms with Gasteiger partial charge in [0.1, 0.15) is 0 Å². The number of carbonyl (C=O) groups is 1. The zero-order valence-corrected chi connectivity index (χ0v) is 16.9. The van der Waals surface area contributed by atoms with Crippen LogP contribution in [0.2, 0.25) is 0 Å². The van der Waals surface area contributed by atoms with Crippen molar-refractivity contribution in [1.29, 1.82) is 0 Å². The molecule has 2 aliphatic carbocycles. The highest BCUT2D eigenvalue weighted by Gasteiger charge is 2.42. The Hall–Kier alpha value is -1.70. The van der Waals surface area contributed by atoms with Crippen LogP contribution >= 0.6 is 11.3 Å². The molecule has 5 nitrogen and oxygen atoms in total. The number of thiophene rings is 1. The van der Waals surface area contributed by atoms with E-state index in [1.807, 2.05) is 18.4 Å². The number of sulfonamides is 1. The van der Waals surface area contributed by atoms with Crippen LogP contribution in [-0.4, -0.2) is 20.4 Å². The Kier molecular flexibility index (Phi) is 5.09. The number of benzene rings is 1. The SMILES string of the molecule is C[C@@H](NS(=O)(=O)c1ccc(NC(=O)c2cccs2)cc1)[C@H]1C[C@H]2CC[C@H]1C2. The normalized spacial score (nSPS) is 25.4. The fourth-order valence-corrected chi connectivity index (χ4v) is 6.54. The van der Waals surface area contributed by atoms with E-state index in [1.54, 1.807) is 30.3 Å². The summed E-state index contributed by atoms with van der Waals surface area (Å²) in [7, 11) is -3.56. The number of hydrogen-bond acceptors (Lipinski definition) is 4. The molecule has 2 bridgehead atoms. The Balaban J connectivity index is 1.40. The summed E-state index contributed by atoms with van der Waals surface area (Å²) in [6, 6.07) is 9.85. The molecular formula is C20H24N2O3S2. The van der Waals surface area contributed by atoms with Crippen LogP contribution in [0.5, 0.6) is 0 Å². The number of amides is 1. The summed E-state index contributed by atoms with van der Waals surface area (Å²) in [5.74, 6) is 1.72. The lowest BCUT2D eigenvalue weighted by atomic mass is 9.84. The first-order chi connectivity index (χ1) is 12.9. The highest BCUT2D eigenvalue weighted by atomic mass is 32.2. The van der Waals surface area contributed by atoms with Crippen molar-refractivity contribution in [3.63, 3.8) is 0 Å². The van der Waals surface area contributed by atoms with Crippen molar-refractivity contribution in [2.45, 2.75) is 43.5 Å². The zero-order valence-electron chi connectivity index (χ0n) is 15.2. The van der Waals surface area contributed by atoms with Gasteiger partial charge in [0.2, 0.25) is 10.0 Å². The first-order valence-corrected chi connectivity index (χ1v) is 11.8. The van der Waals surface area contributed by atoms with Crippen molar-refractivity contribution >= 4 is 33.0 Å². The van der Waals surface area contributed by atoms with Crippen LogP contribution in [0.3, 0.4) is 0 Å². The van der Waals surface area contributed by atoms with Crippen molar-refractivity contribution in [3.8, 4) is 0 Å². The van der Waals surface area contributed by atoms with Gasteiger partial charge < -0.3 is 5.32 Å². The quantitative estimate of drug-likeness (QED) is 0.761. The van der Waals surface area contributed by atoms with Gasteiger partial charge in [0.25, 0.3) is 5.91 Å². The molecule has 2 saturated carbocycles. The molecule has 2 fully saturated rings. The maximum atomic E-state index is 12.7. The van der Waals surface area contributed by atoms with Gasteiger partial charge in [0.05, 0.1) is 9.77 Å². The Morgan fingerprint density at radius 2 is 1.93 bits per heavy atom. The smallest absolute Gasteiger partial charge is 0.265 e. The van der Waals surface area contributed by atoms with E-state index in [-0.39, 0.29) is 16.8 Å². The lowest BCUT2D eigenvalue weighted by Crippen LogP contribution is -2.40. The molecule has 4 rings (SSSR count). The van der Waals surface area contributed by atoms with E-state index in [1.165, 1.54) is 30.6 Å². The summed E-state index contributed by atoms with van der Waals surface area (Å²) < 4.78 is 28.3. The molecule has 1 amide bonds. The van der Waals surface area contributed by atoms with Crippen molar-refractivity contribution in [2.24, 2.45) is 17.8 Å². The lowest BCUT2D eigenvalue weighted by molar-refractivity contribution is 0.103. The maximum absolute atomic E-state index is 12.7. The molecule has 4 atom stereocenters. The molecule has 2 aliphatic rings. The second-order valence-corrected chi connectivity index (χ2v) is 10.4. The van der Waals surface area contributed by atoms with E-state index in [2.05, 4.69) is 10.0 Å². The molecule has 0 spiro atoms. The van der Waals surface area contributed by atoms with Gasteiger partial charge >= 0.3 is 0 Å². The van der Waals surface area contributed by atoms with E-state index in [0.717, 1.165) is 12.3 Å². The Morgan fingerprint density at radius 3 is 2.52 bits per heavy atom. The maximum Gasteiger partial charge on any atom is 0.265 e. The highest BCUT2D eigenvalue weighted by Crippen LogP contribution is 2.49. The second-order valence-electron chi connectivity index (χ2n) is 7.70. The van der Waals surface area contributed by atoms with Crippen LogP contribution < -0.4 is 10.0 Å². The molecule has 27 heavy (non-hydrogen) atoms. The molecule has 1 aromatic carbocycles. The summed E-state index contributed by atoms with van der Waals surface area (Å²) in [5.41, 5.74) is 0.577. The third kappa shape index (κ3) is 3.95. The van der Waals surface area contributed by atoms with Crippen molar-refractivity contribution < 1.29 is 13.2 Å². The van der Waals surface area contributed by atoms with E-state index >= 15 is 0 Å². The first kappa shape index (κ1) is 18.7. The Labute approximate surface area is 164 Å². The summed E-state index contributed by atoms with van der Waals surface area (Å²) in [5, 5.41) is 4.62. The van der Waals surface area contributed by atoms with E-state index < -0.39 is 10.0 Å². The summed E-state index contributed by atoms with van der Waals surface area (Å²) in [4.78, 5) is 12.9. The third-order valence-corrected chi connectivity index (χ3v) is 8.39. The first-order valence-electron chi connectivity index (χ1n) is 9.39. The lowest BCUT2D eigenvalue weighted by Gasteiger charge is -2.28. The molecule has 0 aliphatic heterocycles. The zero-order chi connectivity index (χ0) is 19.0. The largest absolute Gasteiger partial charge is 0.321 e. The minimum absolute atomic E-state index is 0.0523. The molecule has 144 valence electrons. The van der Waals surface area contributed by atoms with E-state index in [0.29, 0.717) is 22.4 Å². The molecule has 1 aromatic heterocycles. The molecule has 1 heterocycles. The van der Waals surface area contributed by atoms with Crippen molar-refractivity contribution in [3.05, 3.63) is 46.7 Å². The van der Waals surface area contributed by atoms with Gasteiger partial charge in [-0.25, -0.2) is 13.1 Å². The molecule has 2 aromatic rings. The molecule has 0 saturated heterocycles. The van der Waals surface area contributed by atoms with Crippen LogP contribution in [0.25, 0.3) is 0 Å². The topological polar surface area (TPSA) is 75.3 Å². The summed E-state index contributed by atoms with van der Waals surface area (Å²) in [6.07, 6.45) is 4.94. The summed E-state index contributed by atoms with van der Waals surface area (Å²) >= 11 is 1.36. The number of nitrogens with one attached hydrogen (secondary N) is 2. The van der Waals surface area contributed by atoms with E-state index in [4.69, 9.17) is 0 Å². The van der Waals surface area contributed by atoms with Gasteiger partial charge in [-0.2, -0.15) is 0 Å². The average Bonchev–Trinajstić information content (AvgIpc) is 3.39. The minimum atomic E-state index is -3.56. The van der Waals surface area contributed by atoms with Crippen LogP contribution in [0.1, 0.15) is 42.3 Å². The highest BCUT2D eigenvalue weighted by molar-refractivity contribution is 7.89. The van der Waals surface area contributed by atoms with E-state index in [9.17, 15) is 13.2 Å². The second kappa shape index (κ2) is 7.37. The van der Waals surface area contributed by atoms with Gasteiger partial charge in [-0.05, 0) is 79.7 Å². The molecule has 0 unspecified atom stereocenters. The standard InChI is InChI=1S/C20H24N2O3S2/c1-13(18-12-14-4-5-15(18)11-14)22-27(24,25)17-8-6-16(7-9-17)21-20(23)19-3-2-10-26-19/h2-3,6-10,13-15,18,22H,4-5,11-12H2,1H3,(H,21,23)/t13-,14+,15+,18-/m1/s1. The molecule has 7 heteroatoms. The third-order valence-electron chi connectivity index (χ3n) is 5.94. The van der Waals surface area contributed by atoms with Crippen LogP contribution in [0.15, 0.2) is 46.7 Å². The molecular weight excluding hydrogens is 380 g/mol. The molecule has 0 radical (unpaired) electrons. The van der Waals surface area contributed by atoms with Crippen LogP contribution in [-0.2, 0) is 10.0 Å². The molecule has 2 N–H and O–H groups in total. The fraction of sp³-hybridized carbons (Fsp3) is 0.450. The number of fused-ring (bicyclic) bond motifs is 2. The number of rotatable bonds is 6. The van der Waals surface area contributed by atoms with Gasteiger partial charge in [0.15, 0.2) is 0 Å². The Bertz CT molecular complexity index is 907. The predicted molar refractivity (Wildman–Crippen MR) is 107 cm³/mol. The predicted octanol–water partition coefficient (Wildman–Crippen LogP) is 4.10. The van der Waals surface area contributed by atoms with Crippen LogP contribution in [0, 0.1) is 17.8 Å². The number of anilines is 1. The van der Waals surface area contributed by atoms with Gasteiger partial charge in [-0.1, -0.05) is 12.5 Å². The van der Waals surface area contributed by atoms with Crippen molar-refractivity contribution in [2.75, 3.05) is 5.32 Å². The van der Waals surface area contributed by atoms with Gasteiger partial charge in [-0.15, -0.1) is 11.3 Å². The van der Waals surface area contributed by atoms with Crippen LogP contribution in [0.4, 0.5) is 5.69 Å². The van der Waals surface area contributed by atoms with Gasteiger partial charge in [-0.3, -0.25) is 4.79 Å². The average molecular weight is 405 g/mol. The minimum Gasteiger partial charge on any atom is -0.321 e. The number of hydrogen-bond donors (Lipinski definition) is 2.